The van der Waals surface area contributed by atoms with Gasteiger partial charge in [0, 0.05) is 12.0 Å². The second kappa shape index (κ2) is 12.2. The zero-order chi connectivity index (χ0) is 24.8. The molecule has 0 aliphatic heterocycles. The summed E-state index contributed by atoms with van der Waals surface area (Å²) in [5, 5.41) is 0. The van der Waals surface area contributed by atoms with Crippen LogP contribution < -0.4 is 9.64 Å². The summed E-state index contributed by atoms with van der Waals surface area (Å²) in [4.78, 5) is 28.9. The molecule has 1 aromatic rings. The summed E-state index contributed by atoms with van der Waals surface area (Å²) >= 11 is 0. The number of carbonyl (C=O) groups is 2. The first-order valence-corrected chi connectivity index (χ1v) is 13.8. The standard InChI is InChI=1S/C29H43NO5/c1-4-5-18-34-25-16-17-27(26(19-25)29(32)33-3)30(28(31)21-8-6-20(2)7-9-21)22-10-12-23(13-11-22)35-24-14-15-24/h16-17,19-24H,4-15,18H2,1-3H3. The lowest BCUT2D eigenvalue weighted by atomic mass is 9.81. The van der Waals surface area contributed by atoms with Crippen molar-refractivity contribution in [1.82, 2.24) is 0 Å². The molecule has 0 atom stereocenters. The fourth-order valence-corrected chi connectivity index (χ4v) is 5.54. The Morgan fingerprint density at radius 3 is 2.20 bits per heavy atom. The van der Waals surface area contributed by atoms with Gasteiger partial charge in [-0.25, -0.2) is 4.79 Å². The van der Waals surface area contributed by atoms with E-state index in [9.17, 15) is 9.59 Å². The molecule has 4 rings (SSSR count). The largest absolute Gasteiger partial charge is 0.494 e. The minimum absolute atomic E-state index is 0.0117. The van der Waals surface area contributed by atoms with Crippen molar-refractivity contribution in [3.05, 3.63) is 23.8 Å². The predicted octanol–water partition coefficient (Wildman–Crippen LogP) is 6.30. The lowest BCUT2D eigenvalue weighted by molar-refractivity contribution is -0.124. The molecular weight excluding hydrogens is 442 g/mol. The minimum atomic E-state index is -0.429. The van der Waals surface area contributed by atoms with E-state index in [1.54, 1.807) is 6.07 Å². The number of benzene rings is 1. The average Bonchev–Trinajstić information content (AvgIpc) is 3.70. The third-order valence-electron chi connectivity index (χ3n) is 7.92. The number of unbranched alkanes of at least 4 members (excludes halogenated alkanes) is 1. The highest BCUT2D eigenvalue weighted by Gasteiger charge is 2.38. The monoisotopic (exact) mass is 485 g/mol. The molecule has 0 aromatic heterocycles. The number of hydrogen-bond acceptors (Lipinski definition) is 5. The van der Waals surface area contributed by atoms with E-state index >= 15 is 0 Å². The number of anilines is 1. The van der Waals surface area contributed by atoms with Crippen molar-refractivity contribution in [2.45, 2.75) is 109 Å². The van der Waals surface area contributed by atoms with Crippen LogP contribution in [0.5, 0.6) is 5.75 Å². The highest BCUT2D eigenvalue weighted by Crippen LogP contribution is 2.38. The van der Waals surface area contributed by atoms with Crippen LogP contribution in [0.25, 0.3) is 0 Å². The first-order valence-electron chi connectivity index (χ1n) is 13.8. The molecule has 0 radical (unpaired) electrons. The Labute approximate surface area is 210 Å². The number of hydrogen-bond donors (Lipinski definition) is 0. The zero-order valence-electron chi connectivity index (χ0n) is 21.8. The molecule has 0 N–H and O–H groups in total. The number of esters is 1. The average molecular weight is 486 g/mol. The molecule has 3 aliphatic carbocycles. The Hall–Kier alpha value is -2.08. The summed E-state index contributed by atoms with van der Waals surface area (Å²) in [5.41, 5.74) is 1.07. The Morgan fingerprint density at radius 1 is 0.943 bits per heavy atom. The molecule has 35 heavy (non-hydrogen) atoms. The first kappa shape index (κ1) is 26.0. The zero-order valence-corrected chi connectivity index (χ0v) is 21.8. The van der Waals surface area contributed by atoms with Crippen molar-refractivity contribution >= 4 is 17.6 Å². The highest BCUT2D eigenvalue weighted by molar-refractivity contribution is 6.04. The Morgan fingerprint density at radius 2 is 1.60 bits per heavy atom. The van der Waals surface area contributed by atoms with Gasteiger partial charge in [0.25, 0.3) is 0 Å². The van der Waals surface area contributed by atoms with Gasteiger partial charge in [0.2, 0.25) is 5.91 Å². The molecule has 194 valence electrons. The van der Waals surface area contributed by atoms with Crippen molar-refractivity contribution in [2.24, 2.45) is 11.8 Å². The normalized spacial score (nSPS) is 26.7. The summed E-state index contributed by atoms with van der Waals surface area (Å²) in [5.74, 6) is 1.06. The molecule has 1 aromatic carbocycles. The van der Waals surface area contributed by atoms with E-state index in [0.29, 0.717) is 41.7 Å². The smallest absolute Gasteiger partial charge is 0.340 e. The van der Waals surface area contributed by atoms with E-state index in [-0.39, 0.29) is 17.9 Å². The van der Waals surface area contributed by atoms with Crippen LogP contribution in [-0.4, -0.2) is 43.8 Å². The maximum Gasteiger partial charge on any atom is 0.340 e. The lowest BCUT2D eigenvalue weighted by Gasteiger charge is -2.40. The number of rotatable bonds is 10. The second-order valence-electron chi connectivity index (χ2n) is 10.8. The Bertz CT molecular complexity index is 851. The molecule has 3 fully saturated rings. The molecule has 1 amide bonds. The maximum absolute atomic E-state index is 14.0. The van der Waals surface area contributed by atoms with Crippen molar-refractivity contribution in [3.63, 3.8) is 0 Å². The molecule has 0 unspecified atom stereocenters. The Balaban J connectivity index is 1.60. The van der Waals surface area contributed by atoms with Crippen LogP contribution in [0.1, 0.15) is 101 Å². The van der Waals surface area contributed by atoms with E-state index in [1.165, 1.54) is 20.0 Å². The second-order valence-corrected chi connectivity index (χ2v) is 10.8. The van der Waals surface area contributed by atoms with Crippen molar-refractivity contribution in [1.29, 1.82) is 0 Å². The molecular formula is C29H43NO5. The van der Waals surface area contributed by atoms with Crippen LogP contribution in [0.4, 0.5) is 5.69 Å². The maximum atomic E-state index is 14.0. The van der Waals surface area contributed by atoms with Crippen LogP contribution >= 0.6 is 0 Å². The van der Waals surface area contributed by atoms with Crippen LogP contribution in [0.3, 0.4) is 0 Å². The number of methoxy groups -OCH3 is 1. The third-order valence-corrected chi connectivity index (χ3v) is 7.92. The van der Waals surface area contributed by atoms with Crippen molar-refractivity contribution < 1.29 is 23.8 Å². The van der Waals surface area contributed by atoms with Crippen LogP contribution in [0.15, 0.2) is 18.2 Å². The fraction of sp³-hybridized carbons (Fsp3) is 0.724. The van der Waals surface area contributed by atoms with Gasteiger partial charge in [-0.3, -0.25) is 4.79 Å². The summed E-state index contributed by atoms with van der Waals surface area (Å²) in [6, 6.07) is 5.60. The fourth-order valence-electron chi connectivity index (χ4n) is 5.54. The van der Waals surface area contributed by atoms with E-state index in [1.807, 2.05) is 17.0 Å². The van der Waals surface area contributed by atoms with Gasteiger partial charge in [-0.15, -0.1) is 0 Å². The molecule has 3 saturated carbocycles. The third kappa shape index (κ3) is 6.78. The summed E-state index contributed by atoms with van der Waals surface area (Å²) < 4.78 is 17.2. The Kier molecular flexibility index (Phi) is 9.10. The summed E-state index contributed by atoms with van der Waals surface area (Å²) in [7, 11) is 1.39. The summed E-state index contributed by atoms with van der Waals surface area (Å²) in [6.07, 6.45) is 12.8. The molecule has 0 spiro atoms. The molecule has 0 heterocycles. The molecule has 6 nitrogen and oxygen atoms in total. The van der Waals surface area contributed by atoms with Crippen LogP contribution in [-0.2, 0) is 14.3 Å². The van der Waals surface area contributed by atoms with Crippen molar-refractivity contribution in [3.8, 4) is 5.75 Å². The van der Waals surface area contributed by atoms with Crippen LogP contribution in [0.2, 0.25) is 0 Å². The van der Waals surface area contributed by atoms with Crippen LogP contribution in [0, 0.1) is 11.8 Å². The SMILES string of the molecule is CCCCOc1ccc(N(C(=O)C2CCC(C)CC2)C2CCC(OC3CC3)CC2)c(C(=O)OC)c1. The molecule has 3 aliphatic rings. The number of ether oxygens (including phenoxy) is 3. The summed E-state index contributed by atoms with van der Waals surface area (Å²) in [6.45, 7) is 4.99. The minimum Gasteiger partial charge on any atom is -0.494 e. The van der Waals surface area contributed by atoms with Gasteiger partial charge in [0.05, 0.1) is 37.2 Å². The van der Waals surface area contributed by atoms with E-state index in [0.717, 1.165) is 64.2 Å². The number of nitrogens with zero attached hydrogens (tertiary/aromatic N) is 1. The van der Waals surface area contributed by atoms with Gasteiger partial charge < -0.3 is 19.1 Å². The first-order chi connectivity index (χ1) is 17.0. The molecule has 6 heteroatoms. The van der Waals surface area contributed by atoms with E-state index in [4.69, 9.17) is 14.2 Å². The topological polar surface area (TPSA) is 65.1 Å². The number of amides is 1. The predicted molar refractivity (Wildman–Crippen MR) is 137 cm³/mol. The highest BCUT2D eigenvalue weighted by atomic mass is 16.5. The van der Waals surface area contributed by atoms with E-state index in [2.05, 4.69) is 13.8 Å². The lowest BCUT2D eigenvalue weighted by Crippen LogP contribution is -2.47. The van der Waals surface area contributed by atoms with Gasteiger partial charge in [0.1, 0.15) is 5.75 Å². The molecule has 0 saturated heterocycles. The van der Waals surface area contributed by atoms with Gasteiger partial charge in [-0.1, -0.05) is 20.3 Å². The van der Waals surface area contributed by atoms with Gasteiger partial charge >= 0.3 is 5.97 Å². The van der Waals surface area contributed by atoms with Gasteiger partial charge in [-0.2, -0.15) is 0 Å². The van der Waals surface area contributed by atoms with Gasteiger partial charge in [0.15, 0.2) is 0 Å². The number of carbonyl (C=O) groups excluding carboxylic acids is 2. The quantitative estimate of drug-likeness (QED) is 0.287. The van der Waals surface area contributed by atoms with Gasteiger partial charge in [-0.05, 0) is 94.7 Å². The molecule has 0 bridgehead atoms. The van der Waals surface area contributed by atoms with E-state index < -0.39 is 5.97 Å². The van der Waals surface area contributed by atoms with Crippen molar-refractivity contribution in [2.75, 3.05) is 18.6 Å².